The summed E-state index contributed by atoms with van der Waals surface area (Å²) in [4.78, 5) is 0. The third-order valence-electron chi connectivity index (χ3n) is 2.39. The molecule has 0 aliphatic rings. The fourth-order valence-electron chi connectivity index (χ4n) is 1.29. The van der Waals surface area contributed by atoms with Crippen LogP contribution >= 0.6 is 0 Å². The van der Waals surface area contributed by atoms with Gasteiger partial charge in [-0.2, -0.15) is 22.0 Å². The molecule has 0 aromatic carbocycles. The van der Waals surface area contributed by atoms with Gasteiger partial charge in [0.1, 0.15) is 6.61 Å². The van der Waals surface area contributed by atoms with E-state index in [1.54, 1.807) is 0 Å². The summed E-state index contributed by atoms with van der Waals surface area (Å²) in [7, 11) is 0. The summed E-state index contributed by atoms with van der Waals surface area (Å²) in [5, 5.41) is 3.03. The van der Waals surface area contributed by atoms with Crippen LogP contribution in [0.3, 0.4) is 0 Å². The molecule has 0 bridgehead atoms. The van der Waals surface area contributed by atoms with E-state index < -0.39 is 24.8 Å². The SMILES string of the molecule is CCCC(CNC(C)(C)C)OCC(F)(F)C(F)(F)F. The Balaban J connectivity index is 4.36. The van der Waals surface area contributed by atoms with E-state index in [0.717, 1.165) is 0 Å². The number of hydrogen-bond donors (Lipinski definition) is 1. The van der Waals surface area contributed by atoms with E-state index >= 15 is 0 Å². The van der Waals surface area contributed by atoms with Crippen LogP contribution in [0.4, 0.5) is 22.0 Å². The Morgan fingerprint density at radius 2 is 1.58 bits per heavy atom. The van der Waals surface area contributed by atoms with Gasteiger partial charge < -0.3 is 10.1 Å². The number of hydrogen-bond acceptors (Lipinski definition) is 2. The van der Waals surface area contributed by atoms with E-state index in [1.807, 2.05) is 27.7 Å². The summed E-state index contributed by atoms with van der Waals surface area (Å²) < 4.78 is 66.2. The minimum atomic E-state index is -5.57. The van der Waals surface area contributed by atoms with Crippen molar-refractivity contribution in [3.8, 4) is 0 Å². The molecule has 0 amide bonds. The zero-order valence-corrected chi connectivity index (χ0v) is 11.7. The molecule has 0 aliphatic heterocycles. The van der Waals surface area contributed by atoms with Crippen LogP contribution in [0, 0.1) is 0 Å². The van der Waals surface area contributed by atoms with Crippen LogP contribution < -0.4 is 5.32 Å². The number of alkyl halides is 5. The number of rotatable bonds is 7. The van der Waals surface area contributed by atoms with Gasteiger partial charge in [0.05, 0.1) is 6.10 Å². The molecule has 2 nitrogen and oxygen atoms in total. The molecule has 0 rings (SSSR count). The van der Waals surface area contributed by atoms with Crippen LogP contribution in [-0.4, -0.2) is 36.9 Å². The average Bonchev–Trinajstić information content (AvgIpc) is 2.19. The maximum absolute atomic E-state index is 12.7. The second-order valence-corrected chi connectivity index (χ2v) is 5.55. The summed E-state index contributed by atoms with van der Waals surface area (Å²) in [6, 6.07) is 0. The standard InChI is InChI=1S/C12H22F5NO/c1-5-6-9(7-18-10(2,3)4)19-8-11(13,14)12(15,16)17/h9,18H,5-8H2,1-4H3. The lowest BCUT2D eigenvalue weighted by Crippen LogP contribution is -2.45. The summed E-state index contributed by atoms with van der Waals surface area (Å²) in [6.07, 6.45) is -5.15. The van der Waals surface area contributed by atoms with Gasteiger partial charge in [-0.1, -0.05) is 13.3 Å². The number of ether oxygens (including phenoxy) is 1. The van der Waals surface area contributed by atoms with Gasteiger partial charge in [0.15, 0.2) is 0 Å². The summed E-state index contributed by atoms with van der Waals surface area (Å²) >= 11 is 0. The van der Waals surface area contributed by atoms with Crippen molar-refractivity contribution in [1.82, 2.24) is 5.32 Å². The molecular weight excluding hydrogens is 269 g/mol. The highest BCUT2D eigenvalue weighted by molar-refractivity contribution is 4.78. The first-order chi connectivity index (χ1) is 8.39. The van der Waals surface area contributed by atoms with Gasteiger partial charge in [-0.05, 0) is 27.2 Å². The van der Waals surface area contributed by atoms with E-state index in [1.165, 1.54) is 0 Å². The molecule has 0 aromatic heterocycles. The van der Waals surface area contributed by atoms with Crippen molar-refractivity contribution < 1.29 is 26.7 Å². The van der Waals surface area contributed by atoms with E-state index in [4.69, 9.17) is 4.74 Å². The fourth-order valence-corrected chi connectivity index (χ4v) is 1.29. The molecule has 0 fully saturated rings. The molecule has 1 atom stereocenters. The largest absolute Gasteiger partial charge is 0.455 e. The van der Waals surface area contributed by atoms with Gasteiger partial charge in [0.25, 0.3) is 0 Å². The number of nitrogens with one attached hydrogen (secondary N) is 1. The first kappa shape index (κ1) is 18.6. The predicted molar refractivity (Wildman–Crippen MR) is 63.4 cm³/mol. The quantitative estimate of drug-likeness (QED) is 0.721. The Hall–Kier alpha value is -0.430. The van der Waals surface area contributed by atoms with Gasteiger partial charge in [0.2, 0.25) is 0 Å². The first-order valence-electron chi connectivity index (χ1n) is 6.20. The summed E-state index contributed by atoms with van der Waals surface area (Å²) in [6.45, 7) is 6.05. The average molecular weight is 291 g/mol. The van der Waals surface area contributed by atoms with Gasteiger partial charge in [-0.15, -0.1) is 0 Å². The Bertz CT molecular complexity index is 260. The monoisotopic (exact) mass is 291 g/mol. The minimum Gasteiger partial charge on any atom is -0.370 e. The highest BCUT2D eigenvalue weighted by Gasteiger charge is 2.57. The van der Waals surface area contributed by atoms with E-state index in [-0.39, 0.29) is 12.1 Å². The van der Waals surface area contributed by atoms with Gasteiger partial charge in [0, 0.05) is 12.1 Å². The summed E-state index contributed by atoms with van der Waals surface area (Å²) in [5.41, 5.74) is -0.248. The Morgan fingerprint density at radius 3 is 1.95 bits per heavy atom. The van der Waals surface area contributed by atoms with Crippen molar-refractivity contribution in [3.05, 3.63) is 0 Å². The van der Waals surface area contributed by atoms with Crippen molar-refractivity contribution in [1.29, 1.82) is 0 Å². The van der Waals surface area contributed by atoms with Crippen molar-refractivity contribution in [2.45, 2.75) is 64.3 Å². The van der Waals surface area contributed by atoms with Gasteiger partial charge >= 0.3 is 12.1 Å². The van der Waals surface area contributed by atoms with Crippen molar-refractivity contribution in [2.24, 2.45) is 0 Å². The van der Waals surface area contributed by atoms with Crippen molar-refractivity contribution in [2.75, 3.05) is 13.2 Å². The third kappa shape index (κ3) is 7.67. The molecule has 1 unspecified atom stereocenters. The predicted octanol–water partition coefficient (Wildman–Crippen LogP) is 3.76. The Labute approximate surface area is 110 Å². The van der Waals surface area contributed by atoms with Crippen molar-refractivity contribution in [3.63, 3.8) is 0 Å². The van der Waals surface area contributed by atoms with Crippen LogP contribution in [-0.2, 0) is 4.74 Å². The Morgan fingerprint density at radius 1 is 1.05 bits per heavy atom. The zero-order valence-electron chi connectivity index (χ0n) is 11.7. The highest BCUT2D eigenvalue weighted by atomic mass is 19.4. The second-order valence-electron chi connectivity index (χ2n) is 5.55. The van der Waals surface area contributed by atoms with E-state index in [2.05, 4.69) is 5.32 Å². The fraction of sp³-hybridized carbons (Fsp3) is 1.00. The lowest BCUT2D eigenvalue weighted by Gasteiger charge is -2.27. The summed E-state index contributed by atoms with van der Waals surface area (Å²) in [5.74, 6) is -4.80. The molecule has 0 radical (unpaired) electrons. The molecule has 0 saturated heterocycles. The molecule has 0 aromatic rings. The molecule has 0 aliphatic carbocycles. The second kappa shape index (κ2) is 6.83. The van der Waals surface area contributed by atoms with E-state index in [9.17, 15) is 22.0 Å². The van der Waals surface area contributed by atoms with Crippen LogP contribution in [0.5, 0.6) is 0 Å². The van der Waals surface area contributed by atoms with Gasteiger partial charge in [-0.25, -0.2) is 0 Å². The molecule has 0 spiro atoms. The topological polar surface area (TPSA) is 21.3 Å². The highest BCUT2D eigenvalue weighted by Crippen LogP contribution is 2.35. The molecule has 19 heavy (non-hydrogen) atoms. The number of halogens is 5. The minimum absolute atomic E-state index is 0.241. The van der Waals surface area contributed by atoms with Crippen LogP contribution in [0.1, 0.15) is 40.5 Å². The normalized spacial score (nSPS) is 15.6. The third-order valence-corrected chi connectivity index (χ3v) is 2.39. The van der Waals surface area contributed by atoms with Crippen LogP contribution in [0.25, 0.3) is 0 Å². The zero-order chi connectivity index (χ0) is 15.3. The maximum Gasteiger partial charge on any atom is 0.455 e. The molecular formula is C12H22F5NO. The molecule has 116 valence electrons. The molecule has 7 heteroatoms. The van der Waals surface area contributed by atoms with Crippen LogP contribution in [0.2, 0.25) is 0 Å². The molecule has 0 heterocycles. The van der Waals surface area contributed by atoms with Gasteiger partial charge in [-0.3, -0.25) is 0 Å². The van der Waals surface area contributed by atoms with Crippen molar-refractivity contribution >= 4 is 0 Å². The van der Waals surface area contributed by atoms with E-state index in [0.29, 0.717) is 12.8 Å². The smallest absolute Gasteiger partial charge is 0.370 e. The first-order valence-corrected chi connectivity index (χ1v) is 6.20. The maximum atomic E-state index is 12.7. The molecule has 1 N–H and O–H groups in total. The van der Waals surface area contributed by atoms with Crippen LogP contribution in [0.15, 0.2) is 0 Å². The molecule has 0 saturated carbocycles. The lowest BCUT2D eigenvalue weighted by molar-refractivity contribution is -0.300. The lowest BCUT2D eigenvalue weighted by atomic mass is 10.1. The Kier molecular flexibility index (Phi) is 6.68.